The monoisotopic (exact) mass is 377 g/mol. The van der Waals surface area contributed by atoms with Crippen molar-refractivity contribution in [2.24, 2.45) is 0 Å². The number of pyridine rings is 2. The molecule has 2 aromatic carbocycles. The number of hydrogen-bond acceptors (Lipinski definition) is 3. The van der Waals surface area contributed by atoms with Crippen molar-refractivity contribution in [2.45, 2.75) is 13.0 Å². The maximum atomic E-state index is 14.6. The van der Waals surface area contributed by atoms with Gasteiger partial charge in [-0.05, 0) is 36.8 Å². The average molecular weight is 378 g/mol. The molecule has 0 aliphatic carbocycles. The van der Waals surface area contributed by atoms with Gasteiger partial charge in [0.15, 0.2) is 0 Å². The van der Waals surface area contributed by atoms with Crippen molar-refractivity contribution >= 4 is 28.2 Å². The molecule has 4 aromatic rings. The molecule has 134 valence electrons. The molecule has 0 radical (unpaired) electrons. The van der Waals surface area contributed by atoms with Crippen molar-refractivity contribution in [3.63, 3.8) is 0 Å². The molecule has 27 heavy (non-hydrogen) atoms. The van der Waals surface area contributed by atoms with Crippen LogP contribution in [0.5, 0.6) is 0 Å². The lowest BCUT2D eigenvalue weighted by molar-refractivity contribution is 0.600. The Kier molecular flexibility index (Phi) is 4.73. The Morgan fingerprint density at radius 1 is 1.00 bits per heavy atom. The first-order chi connectivity index (χ1) is 13.1. The molecule has 1 atom stereocenters. The van der Waals surface area contributed by atoms with Gasteiger partial charge in [-0.15, -0.1) is 0 Å². The number of aromatic nitrogens is 2. The van der Waals surface area contributed by atoms with Gasteiger partial charge < -0.3 is 5.32 Å². The van der Waals surface area contributed by atoms with Gasteiger partial charge in [-0.1, -0.05) is 41.9 Å². The lowest BCUT2D eigenvalue weighted by Gasteiger charge is -2.19. The first-order valence-corrected chi connectivity index (χ1v) is 9.01. The minimum Gasteiger partial charge on any atom is -0.377 e. The Morgan fingerprint density at radius 2 is 1.85 bits per heavy atom. The van der Waals surface area contributed by atoms with Gasteiger partial charge in [-0.25, -0.2) is 4.39 Å². The highest BCUT2D eigenvalue weighted by Gasteiger charge is 2.16. The number of benzene rings is 2. The minimum absolute atomic E-state index is 0.267. The van der Waals surface area contributed by atoms with Gasteiger partial charge in [0.05, 0.1) is 22.3 Å². The van der Waals surface area contributed by atoms with E-state index in [1.807, 2.05) is 49.4 Å². The molecule has 3 nitrogen and oxygen atoms in total. The molecular formula is C22H17ClFN3. The second-order valence-electron chi connectivity index (χ2n) is 6.34. The summed E-state index contributed by atoms with van der Waals surface area (Å²) in [7, 11) is 0. The molecule has 5 heteroatoms. The summed E-state index contributed by atoms with van der Waals surface area (Å²) in [6, 6.07) is 16.4. The number of anilines is 1. The molecule has 2 aromatic heterocycles. The smallest absolute Gasteiger partial charge is 0.128 e. The van der Waals surface area contributed by atoms with Gasteiger partial charge in [0.1, 0.15) is 5.82 Å². The summed E-state index contributed by atoms with van der Waals surface area (Å²) in [5, 5.41) is 4.77. The number of hydrogen-bond donors (Lipinski definition) is 1. The third kappa shape index (κ3) is 3.49. The fourth-order valence-corrected chi connectivity index (χ4v) is 3.35. The highest BCUT2D eigenvalue weighted by Crippen LogP contribution is 2.34. The van der Waals surface area contributed by atoms with Gasteiger partial charge in [-0.3, -0.25) is 9.97 Å². The molecule has 0 aliphatic heterocycles. The zero-order valence-electron chi connectivity index (χ0n) is 14.7. The quantitative estimate of drug-likeness (QED) is 0.456. The minimum atomic E-state index is -0.287. The summed E-state index contributed by atoms with van der Waals surface area (Å²) in [4.78, 5) is 8.48. The predicted molar refractivity (Wildman–Crippen MR) is 108 cm³/mol. The van der Waals surface area contributed by atoms with Crippen LogP contribution >= 0.6 is 11.6 Å². The molecule has 0 fully saturated rings. The van der Waals surface area contributed by atoms with E-state index in [0.29, 0.717) is 10.6 Å². The lowest BCUT2D eigenvalue weighted by atomic mass is 10.00. The lowest BCUT2D eigenvalue weighted by Crippen LogP contribution is -2.10. The van der Waals surface area contributed by atoms with Crippen LogP contribution < -0.4 is 5.32 Å². The van der Waals surface area contributed by atoms with Gasteiger partial charge >= 0.3 is 0 Å². The SMILES string of the molecule is C[C@@H](Nc1c(Cl)cnc2ccccc12)c1cc(-c2cccnc2)ccc1F. The standard InChI is InChI=1S/C22H17ClFN3/c1-14(27-22-17-6-2-3-7-21(17)26-13-19(22)23)18-11-15(8-9-20(18)24)16-5-4-10-25-12-16/h2-14H,1H3,(H,26,27)/t14-/m1/s1. The summed E-state index contributed by atoms with van der Waals surface area (Å²) in [5.41, 5.74) is 4.01. The zero-order valence-corrected chi connectivity index (χ0v) is 15.4. The van der Waals surface area contributed by atoms with E-state index in [-0.39, 0.29) is 11.9 Å². The van der Waals surface area contributed by atoms with Gasteiger partial charge in [0.25, 0.3) is 0 Å². The van der Waals surface area contributed by atoms with E-state index < -0.39 is 0 Å². The van der Waals surface area contributed by atoms with E-state index in [1.165, 1.54) is 6.07 Å². The van der Waals surface area contributed by atoms with E-state index in [0.717, 1.165) is 27.7 Å². The molecule has 0 spiro atoms. The Balaban J connectivity index is 1.72. The molecule has 0 saturated heterocycles. The Labute approximate surface area is 161 Å². The van der Waals surface area contributed by atoms with Crippen LogP contribution in [0.25, 0.3) is 22.0 Å². The Bertz CT molecular complexity index is 1100. The second-order valence-corrected chi connectivity index (χ2v) is 6.75. The summed E-state index contributed by atoms with van der Waals surface area (Å²) in [5.74, 6) is -0.267. The van der Waals surface area contributed by atoms with E-state index in [9.17, 15) is 4.39 Å². The Hall–Kier alpha value is -2.98. The molecule has 0 aliphatic rings. The fraction of sp³-hybridized carbons (Fsp3) is 0.0909. The maximum absolute atomic E-state index is 14.6. The van der Waals surface area contributed by atoms with Crippen molar-refractivity contribution in [1.29, 1.82) is 0 Å². The maximum Gasteiger partial charge on any atom is 0.128 e. The summed E-state index contributed by atoms with van der Waals surface area (Å²) >= 11 is 6.37. The van der Waals surface area contributed by atoms with Crippen molar-refractivity contribution in [1.82, 2.24) is 9.97 Å². The first kappa shape index (κ1) is 17.4. The summed E-state index contributed by atoms with van der Waals surface area (Å²) < 4.78 is 14.6. The molecule has 0 bridgehead atoms. The third-order valence-electron chi connectivity index (χ3n) is 4.55. The molecule has 2 heterocycles. The number of rotatable bonds is 4. The zero-order chi connectivity index (χ0) is 18.8. The molecule has 4 rings (SSSR count). The van der Waals surface area contributed by atoms with Crippen LogP contribution in [0, 0.1) is 5.82 Å². The van der Waals surface area contributed by atoms with Crippen molar-refractivity contribution in [3.05, 3.63) is 89.6 Å². The molecule has 1 N–H and O–H groups in total. The number of nitrogens with zero attached hydrogens (tertiary/aromatic N) is 2. The largest absolute Gasteiger partial charge is 0.377 e. The predicted octanol–water partition coefficient (Wildman–Crippen LogP) is 6.26. The van der Waals surface area contributed by atoms with E-state index >= 15 is 0 Å². The van der Waals surface area contributed by atoms with Gasteiger partial charge in [0, 0.05) is 35.1 Å². The topological polar surface area (TPSA) is 37.8 Å². The van der Waals surface area contributed by atoms with Crippen LogP contribution in [0.4, 0.5) is 10.1 Å². The fourth-order valence-electron chi connectivity index (χ4n) is 3.15. The van der Waals surface area contributed by atoms with Crippen LogP contribution in [0.1, 0.15) is 18.5 Å². The van der Waals surface area contributed by atoms with E-state index in [2.05, 4.69) is 15.3 Å². The van der Waals surface area contributed by atoms with Crippen LogP contribution in [0.15, 0.2) is 73.2 Å². The van der Waals surface area contributed by atoms with Crippen LogP contribution in [-0.4, -0.2) is 9.97 Å². The van der Waals surface area contributed by atoms with Gasteiger partial charge in [0.2, 0.25) is 0 Å². The molecule has 0 amide bonds. The normalized spacial score (nSPS) is 12.1. The Morgan fingerprint density at radius 3 is 2.67 bits per heavy atom. The number of nitrogens with one attached hydrogen (secondary N) is 1. The van der Waals surface area contributed by atoms with E-state index in [4.69, 9.17) is 11.6 Å². The number of halogens is 2. The van der Waals surface area contributed by atoms with Crippen LogP contribution in [-0.2, 0) is 0 Å². The summed E-state index contributed by atoms with van der Waals surface area (Å²) in [6.07, 6.45) is 5.10. The van der Waals surface area contributed by atoms with Crippen LogP contribution in [0.2, 0.25) is 5.02 Å². The molecular weight excluding hydrogens is 361 g/mol. The highest BCUT2D eigenvalue weighted by molar-refractivity contribution is 6.34. The molecule has 0 saturated carbocycles. The van der Waals surface area contributed by atoms with Gasteiger partial charge in [-0.2, -0.15) is 0 Å². The van der Waals surface area contributed by atoms with Crippen molar-refractivity contribution in [2.75, 3.05) is 5.32 Å². The number of para-hydroxylation sites is 1. The van der Waals surface area contributed by atoms with E-state index in [1.54, 1.807) is 24.7 Å². The summed E-state index contributed by atoms with van der Waals surface area (Å²) in [6.45, 7) is 1.91. The van der Waals surface area contributed by atoms with Crippen LogP contribution in [0.3, 0.4) is 0 Å². The van der Waals surface area contributed by atoms with Crippen molar-refractivity contribution < 1.29 is 4.39 Å². The first-order valence-electron chi connectivity index (χ1n) is 8.63. The third-order valence-corrected chi connectivity index (χ3v) is 4.83. The average Bonchev–Trinajstić information content (AvgIpc) is 2.71. The molecule has 0 unspecified atom stereocenters. The van der Waals surface area contributed by atoms with Crippen molar-refractivity contribution in [3.8, 4) is 11.1 Å². The highest BCUT2D eigenvalue weighted by atomic mass is 35.5. The number of fused-ring (bicyclic) bond motifs is 1. The second kappa shape index (κ2) is 7.33.